The molecule has 25 heavy (non-hydrogen) atoms. The van der Waals surface area contributed by atoms with Gasteiger partial charge in [-0.1, -0.05) is 18.5 Å². The van der Waals surface area contributed by atoms with Crippen molar-refractivity contribution in [3.8, 4) is 0 Å². The molecule has 0 aliphatic heterocycles. The van der Waals surface area contributed by atoms with E-state index in [2.05, 4.69) is 0 Å². The zero-order valence-corrected chi connectivity index (χ0v) is 15.6. The molecule has 0 heterocycles. The van der Waals surface area contributed by atoms with E-state index in [1.807, 2.05) is 0 Å². The van der Waals surface area contributed by atoms with E-state index in [4.69, 9.17) is 11.6 Å². The smallest absolute Gasteiger partial charge is 0.175 e. The maximum Gasteiger partial charge on any atom is 0.175 e. The maximum absolute atomic E-state index is 12.5. The lowest BCUT2D eigenvalue weighted by molar-refractivity contribution is -0.127. The van der Waals surface area contributed by atoms with Gasteiger partial charge in [-0.3, -0.25) is 9.59 Å². The van der Waals surface area contributed by atoms with Crippen molar-refractivity contribution in [2.75, 3.05) is 6.26 Å². The van der Waals surface area contributed by atoms with Gasteiger partial charge in [0.15, 0.2) is 21.4 Å². The number of hydrogen-bond acceptors (Lipinski definition) is 5. The van der Waals surface area contributed by atoms with Crippen LogP contribution in [0.15, 0.2) is 22.6 Å². The normalized spacial score (nSPS) is 23.2. The molecule has 1 N–H and O–H groups in total. The Labute approximate surface area is 151 Å². The fourth-order valence-electron chi connectivity index (χ4n) is 3.82. The molecule has 2 aliphatic rings. The number of allylic oxidation sites excluding steroid dienone is 1. The average molecular weight is 383 g/mol. The SMILES string of the molecule is CCc1c(S(C)(=O)=O)ccc(C(O)=C2C(=O)C3CCC(C3)C2=O)c1Cl. The number of aliphatic hydroxyl groups excluding tert-OH is 1. The molecule has 134 valence electrons. The molecular formula is C18H19ClO5S. The molecule has 0 radical (unpaired) electrons. The number of halogens is 1. The van der Waals surface area contributed by atoms with Crippen molar-refractivity contribution >= 4 is 38.8 Å². The first-order valence-corrected chi connectivity index (χ1v) is 10.5. The Balaban J connectivity index is 2.19. The van der Waals surface area contributed by atoms with Crippen LogP contribution in [0, 0.1) is 11.8 Å². The van der Waals surface area contributed by atoms with Crippen molar-refractivity contribution in [2.24, 2.45) is 11.8 Å². The van der Waals surface area contributed by atoms with Crippen molar-refractivity contribution < 1.29 is 23.1 Å². The predicted molar refractivity (Wildman–Crippen MR) is 94.3 cm³/mol. The summed E-state index contributed by atoms with van der Waals surface area (Å²) in [4.78, 5) is 25.1. The van der Waals surface area contributed by atoms with Crippen molar-refractivity contribution in [3.05, 3.63) is 33.9 Å². The quantitative estimate of drug-likeness (QED) is 0.493. The molecule has 2 saturated carbocycles. The summed E-state index contributed by atoms with van der Waals surface area (Å²) in [7, 11) is -3.48. The topological polar surface area (TPSA) is 88.5 Å². The summed E-state index contributed by atoms with van der Waals surface area (Å²) in [5, 5.41) is 10.7. The third kappa shape index (κ3) is 2.91. The minimum Gasteiger partial charge on any atom is -0.506 e. The van der Waals surface area contributed by atoms with Crippen LogP contribution in [0.25, 0.3) is 5.76 Å². The molecule has 7 heteroatoms. The summed E-state index contributed by atoms with van der Waals surface area (Å²) in [5.41, 5.74) is 0.311. The second-order valence-electron chi connectivity index (χ2n) is 6.69. The molecular weight excluding hydrogens is 364 g/mol. The van der Waals surface area contributed by atoms with E-state index in [-0.39, 0.29) is 44.5 Å². The number of benzene rings is 1. The Morgan fingerprint density at radius 1 is 1.20 bits per heavy atom. The van der Waals surface area contributed by atoms with Crippen LogP contribution >= 0.6 is 11.6 Å². The number of hydrogen-bond donors (Lipinski definition) is 1. The van der Waals surface area contributed by atoms with E-state index >= 15 is 0 Å². The lowest BCUT2D eigenvalue weighted by atomic mass is 9.81. The van der Waals surface area contributed by atoms with Crippen LogP contribution in [0.4, 0.5) is 0 Å². The number of rotatable bonds is 3. The van der Waals surface area contributed by atoms with Crippen LogP contribution in [-0.4, -0.2) is 31.3 Å². The summed E-state index contributed by atoms with van der Waals surface area (Å²) in [6, 6.07) is 2.72. The monoisotopic (exact) mass is 382 g/mol. The standard InChI is InChI=1S/C18H19ClO5S/c1-3-11-13(25(2,23)24)7-6-12(15(11)19)18(22)14-16(20)9-4-5-10(8-9)17(14)21/h6-7,9-10,22H,3-5,8H2,1-2H3. The second-order valence-corrected chi connectivity index (χ2v) is 9.05. The summed E-state index contributed by atoms with van der Waals surface area (Å²) in [6.45, 7) is 1.75. The summed E-state index contributed by atoms with van der Waals surface area (Å²) in [6.07, 6.45) is 3.29. The molecule has 2 aliphatic carbocycles. The molecule has 3 rings (SSSR count). The fourth-order valence-corrected chi connectivity index (χ4v) is 5.27. The van der Waals surface area contributed by atoms with Crippen molar-refractivity contribution in [1.82, 2.24) is 0 Å². The molecule has 2 fully saturated rings. The lowest BCUT2D eigenvalue weighted by Crippen LogP contribution is -2.30. The van der Waals surface area contributed by atoms with Gasteiger partial charge in [-0.25, -0.2) is 8.42 Å². The molecule has 1 aromatic rings. The maximum atomic E-state index is 12.5. The van der Waals surface area contributed by atoms with Gasteiger partial charge in [0.25, 0.3) is 0 Å². The van der Waals surface area contributed by atoms with Crippen LogP contribution in [0.1, 0.15) is 37.3 Å². The Hall–Kier alpha value is -1.66. The van der Waals surface area contributed by atoms with Crippen LogP contribution in [-0.2, 0) is 25.8 Å². The Morgan fingerprint density at radius 3 is 2.24 bits per heavy atom. The zero-order chi connectivity index (χ0) is 18.5. The molecule has 2 bridgehead atoms. The molecule has 1 aromatic carbocycles. The molecule has 2 atom stereocenters. The minimum absolute atomic E-state index is 0.0638. The van der Waals surface area contributed by atoms with E-state index in [0.29, 0.717) is 31.2 Å². The van der Waals surface area contributed by atoms with E-state index in [1.165, 1.54) is 12.1 Å². The van der Waals surface area contributed by atoms with Gasteiger partial charge < -0.3 is 5.11 Å². The Morgan fingerprint density at radius 2 is 1.76 bits per heavy atom. The van der Waals surface area contributed by atoms with Gasteiger partial charge in [-0.2, -0.15) is 0 Å². The number of fused-ring (bicyclic) bond motifs is 2. The molecule has 0 saturated heterocycles. The number of sulfone groups is 1. The van der Waals surface area contributed by atoms with Gasteiger partial charge in [0.05, 0.1) is 9.92 Å². The molecule has 0 aromatic heterocycles. The second kappa shape index (κ2) is 6.25. The third-order valence-corrected chi connectivity index (χ3v) is 6.73. The van der Waals surface area contributed by atoms with Crippen molar-refractivity contribution in [2.45, 2.75) is 37.5 Å². The molecule has 5 nitrogen and oxygen atoms in total. The number of carbonyl (C=O) groups excluding carboxylic acids is 2. The summed E-state index contributed by atoms with van der Waals surface area (Å²) in [5.74, 6) is -1.56. The van der Waals surface area contributed by atoms with Gasteiger partial charge in [-0.05, 0) is 43.4 Å². The lowest BCUT2D eigenvalue weighted by Gasteiger charge is -2.21. The van der Waals surface area contributed by atoms with Gasteiger partial charge in [0.1, 0.15) is 11.3 Å². The zero-order valence-electron chi connectivity index (χ0n) is 14.0. The molecule has 2 unspecified atom stereocenters. The Bertz CT molecular complexity index is 890. The van der Waals surface area contributed by atoms with Gasteiger partial charge in [-0.15, -0.1) is 0 Å². The van der Waals surface area contributed by atoms with E-state index < -0.39 is 15.6 Å². The summed E-state index contributed by atoms with van der Waals surface area (Å²) >= 11 is 6.34. The van der Waals surface area contributed by atoms with Crippen LogP contribution < -0.4 is 0 Å². The Kier molecular flexibility index (Phi) is 4.54. The molecule has 0 amide bonds. The average Bonchev–Trinajstić information content (AvgIpc) is 2.99. The minimum atomic E-state index is -3.48. The van der Waals surface area contributed by atoms with Gasteiger partial charge >= 0.3 is 0 Å². The van der Waals surface area contributed by atoms with Crippen molar-refractivity contribution in [1.29, 1.82) is 0 Å². The largest absolute Gasteiger partial charge is 0.506 e. The van der Waals surface area contributed by atoms with E-state index in [0.717, 1.165) is 6.26 Å². The number of ketones is 2. The number of Topliss-reactive ketones (excluding diaryl/α,β-unsaturated/α-hetero) is 2. The highest BCUT2D eigenvalue weighted by molar-refractivity contribution is 7.90. The van der Waals surface area contributed by atoms with Gasteiger partial charge in [0.2, 0.25) is 0 Å². The van der Waals surface area contributed by atoms with E-state index in [9.17, 15) is 23.1 Å². The molecule has 0 spiro atoms. The number of aliphatic hydroxyl groups is 1. The predicted octanol–water partition coefficient (Wildman–Crippen LogP) is 3.14. The van der Waals surface area contributed by atoms with Crippen LogP contribution in [0.2, 0.25) is 5.02 Å². The highest BCUT2D eigenvalue weighted by atomic mass is 35.5. The first-order chi connectivity index (χ1) is 11.7. The first-order valence-electron chi connectivity index (χ1n) is 8.20. The van der Waals surface area contributed by atoms with E-state index in [1.54, 1.807) is 6.92 Å². The third-order valence-electron chi connectivity index (χ3n) is 5.11. The van der Waals surface area contributed by atoms with Crippen LogP contribution in [0.3, 0.4) is 0 Å². The summed E-state index contributed by atoms with van der Waals surface area (Å²) < 4.78 is 23.8. The highest BCUT2D eigenvalue weighted by Gasteiger charge is 2.45. The first kappa shape index (κ1) is 18.1. The highest BCUT2D eigenvalue weighted by Crippen LogP contribution is 2.43. The fraction of sp³-hybridized carbons (Fsp3) is 0.444. The van der Waals surface area contributed by atoms with Gasteiger partial charge in [0, 0.05) is 23.7 Å². The van der Waals surface area contributed by atoms with Crippen LogP contribution in [0.5, 0.6) is 0 Å². The number of carbonyl (C=O) groups is 2. The van der Waals surface area contributed by atoms with Crippen molar-refractivity contribution in [3.63, 3.8) is 0 Å².